The minimum atomic E-state index is -0.260. The van der Waals surface area contributed by atoms with E-state index < -0.39 is 0 Å². The number of amides is 1. The molecule has 1 aromatic carbocycles. The minimum absolute atomic E-state index is 0.203. The molecule has 34 heavy (non-hydrogen) atoms. The number of ether oxygens (including phenoxy) is 1. The number of anilines is 2. The summed E-state index contributed by atoms with van der Waals surface area (Å²) in [5.74, 6) is 0.380. The number of hydrogen-bond acceptors (Lipinski definition) is 7. The van der Waals surface area contributed by atoms with Crippen LogP contribution < -0.4 is 21.5 Å². The lowest BCUT2D eigenvalue weighted by molar-refractivity contribution is 0.0929. The number of nitrogens with two attached hydrogens (primary N) is 2. The molecule has 0 bridgehead atoms. The van der Waals surface area contributed by atoms with Crippen molar-refractivity contribution in [2.75, 3.05) is 37.7 Å². The summed E-state index contributed by atoms with van der Waals surface area (Å²) in [5.41, 5.74) is 16.3. The Kier molecular flexibility index (Phi) is 7.59. The van der Waals surface area contributed by atoms with Crippen LogP contribution in [0, 0.1) is 5.92 Å². The summed E-state index contributed by atoms with van der Waals surface area (Å²) in [4.78, 5) is 23.4. The maximum atomic E-state index is 12.6. The summed E-state index contributed by atoms with van der Waals surface area (Å²) >= 11 is 0. The van der Waals surface area contributed by atoms with Crippen molar-refractivity contribution >= 4 is 17.3 Å². The maximum Gasteiger partial charge on any atom is 0.270 e. The molecule has 1 aliphatic heterocycles. The van der Waals surface area contributed by atoms with Crippen LogP contribution in [0.2, 0.25) is 0 Å². The molecule has 1 aliphatic rings. The van der Waals surface area contributed by atoms with Crippen LogP contribution in [0.4, 0.5) is 11.4 Å². The van der Waals surface area contributed by atoms with E-state index in [1.165, 1.54) is 22.8 Å². The van der Waals surface area contributed by atoms with Crippen LogP contribution in [0.1, 0.15) is 35.8 Å². The van der Waals surface area contributed by atoms with Gasteiger partial charge in [0.1, 0.15) is 11.4 Å². The Hall–Kier alpha value is -3.65. The van der Waals surface area contributed by atoms with E-state index in [4.69, 9.17) is 16.2 Å². The molecule has 0 atom stereocenters. The number of carbonyl (C=O) groups excluding carboxylic acids is 1. The summed E-state index contributed by atoms with van der Waals surface area (Å²) < 4.78 is 5.39. The van der Waals surface area contributed by atoms with E-state index in [1.807, 2.05) is 31.5 Å². The standard InChI is InChI=1S/C26H32N6O2/c1-2-34-26-24(28)22(27)15-23(31-26)25(33)30-16-18-9-13-32(14-10-18)17-19-3-5-20(6-4-19)21-7-11-29-12-8-21/h3-8,11-12,15,18H,2,9-10,13-14,16-17,28H2,1H3,(H2,27,31)(H,30,33). The molecular weight excluding hydrogens is 428 g/mol. The molecule has 8 nitrogen and oxygen atoms in total. The predicted octanol–water partition coefficient (Wildman–Crippen LogP) is 3.35. The average Bonchev–Trinajstić information content (AvgIpc) is 2.87. The molecule has 0 spiro atoms. The lowest BCUT2D eigenvalue weighted by Gasteiger charge is -2.32. The van der Waals surface area contributed by atoms with E-state index >= 15 is 0 Å². The second-order valence-corrected chi connectivity index (χ2v) is 8.61. The lowest BCUT2D eigenvalue weighted by Crippen LogP contribution is -2.38. The summed E-state index contributed by atoms with van der Waals surface area (Å²) in [6.07, 6.45) is 5.71. The van der Waals surface area contributed by atoms with Crippen LogP contribution in [0.5, 0.6) is 5.88 Å². The Bertz CT molecular complexity index is 1100. The Balaban J connectivity index is 1.24. The molecule has 8 heteroatoms. The van der Waals surface area contributed by atoms with Gasteiger partial charge in [0.15, 0.2) is 0 Å². The van der Waals surface area contributed by atoms with Gasteiger partial charge < -0.3 is 21.5 Å². The van der Waals surface area contributed by atoms with E-state index in [9.17, 15) is 4.79 Å². The Labute approximate surface area is 200 Å². The second-order valence-electron chi connectivity index (χ2n) is 8.61. The summed E-state index contributed by atoms with van der Waals surface area (Å²) in [6.45, 7) is 5.79. The normalized spacial score (nSPS) is 14.6. The number of nitrogen functional groups attached to an aromatic ring is 2. The largest absolute Gasteiger partial charge is 0.476 e. The molecule has 3 aromatic rings. The van der Waals surface area contributed by atoms with E-state index in [2.05, 4.69) is 44.5 Å². The number of piperidine rings is 1. The van der Waals surface area contributed by atoms with Gasteiger partial charge in [-0.1, -0.05) is 24.3 Å². The van der Waals surface area contributed by atoms with E-state index in [0.29, 0.717) is 24.8 Å². The van der Waals surface area contributed by atoms with Gasteiger partial charge in [0, 0.05) is 25.5 Å². The van der Waals surface area contributed by atoms with Gasteiger partial charge in [0.05, 0.1) is 12.3 Å². The topological polar surface area (TPSA) is 119 Å². The smallest absolute Gasteiger partial charge is 0.270 e. The van der Waals surface area contributed by atoms with Gasteiger partial charge in [-0.15, -0.1) is 0 Å². The van der Waals surface area contributed by atoms with Crippen molar-refractivity contribution in [3.05, 3.63) is 66.1 Å². The van der Waals surface area contributed by atoms with Crippen LogP contribution in [0.25, 0.3) is 11.1 Å². The third-order valence-electron chi connectivity index (χ3n) is 6.20. The Morgan fingerprint density at radius 3 is 2.44 bits per heavy atom. The molecule has 2 aromatic heterocycles. The molecule has 3 heterocycles. The van der Waals surface area contributed by atoms with Gasteiger partial charge in [0.25, 0.3) is 5.91 Å². The highest BCUT2D eigenvalue weighted by molar-refractivity contribution is 5.94. The molecule has 0 radical (unpaired) electrons. The van der Waals surface area contributed by atoms with Crippen LogP contribution in [0.15, 0.2) is 54.9 Å². The molecule has 1 amide bonds. The van der Waals surface area contributed by atoms with Crippen molar-refractivity contribution in [2.45, 2.75) is 26.3 Å². The van der Waals surface area contributed by atoms with E-state index in [1.54, 1.807) is 0 Å². The van der Waals surface area contributed by atoms with Gasteiger partial charge in [-0.25, -0.2) is 4.98 Å². The Morgan fingerprint density at radius 2 is 1.76 bits per heavy atom. The lowest BCUT2D eigenvalue weighted by atomic mass is 9.96. The molecule has 0 unspecified atom stereocenters. The van der Waals surface area contributed by atoms with E-state index in [-0.39, 0.29) is 23.2 Å². The van der Waals surface area contributed by atoms with Gasteiger partial charge in [0.2, 0.25) is 5.88 Å². The number of carbonyl (C=O) groups is 1. The number of nitrogens with one attached hydrogen (secondary N) is 1. The van der Waals surface area contributed by atoms with Crippen molar-refractivity contribution in [3.8, 4) is 17.0 Å². The number of benzene rings is 1. The van der Waals surface area contributed by atoms with Gasteiger partial charge >= 0.3 is 0 Å². The number of hydrogen-bond donors (Lipinski definition) is 3. The van der Waals surface area contributed by atoms with Crippen LogP contribution in [-0.4, -0.2) is 47.0 Å². The summed E-state index contributed by atoms with van der Waals surface area (Å²) in [5, 5.41) is 2.99. The first kappa shape index (κ1) is 23.5. The molecule has 1 fully saturated rings. The Morgan fingerprint density at radius 1 is 1.09 bits per heavy atom. The molecule has 0 saturated carbocycles. The highest BCUT2D eigenvalue weighted by atomic mass is 16.5. The van der Waals surface area contributed by atoms with Crippen LogP contribution in [0.3, 0.4) is 0 Å². The highest BCUT2D eigenvalue weighted by Crippen LogP contribution is 2.26. The maximum absolute atomic E-state index is 12.6. The number of pyridine rings is 2. The summed E-state index contributed by atoms with van der Waals surface area (Å²) in [7, 11) is 0. The van der Waals surface area contributed by atoms with Crippen LogP contribution >= 0.6 is 0 Å². The van der Waals surface area contributed by atoms with E-state index in [0.717, 1.165) is 32.5 Å². The number of aromatic nitrogens is 2. The second kappa shape index (κ2) is 11.0. The fourth-order valence-corrected chi connectivity index (χ4v) is 4.19. The summed E-state index contributed by atoms with van der Waals surface area (Å²) in [6, 6.07) is 14.3. The first-order valence-electron chi connectivity index (χ1n) is 11.7. The molecule has 5 N–H and O–H groups in total. The molecular formula is C26H32N6O2. The quantitative estimate of drug-likeness (QED) is 0.471. The third kappa shape index (κ3) is 5.82. The van der Waals surface area contributed by atoms with Gasteiger partial charge in [-0.2, -0.15) is 0 Å². The SMILES string of the molecule is CCOc1nc(C(=O)NCC2CCN(Cc3ccc(-c4ccncc4)cc3)CC2)cc(N)c1N. The van der Waals surface area contributed by atoms with Crippen molar-refractivity contribution < 1.29 is 9.53 Å². The average molecular weight is 461 g/mol. The molecule has 4 rings (SSSR count). The third-order valence-corrected chi connectivity index (χ3v) is 6.20. The fraction of sp³-hybridized carbons (Fsp3) is 0.346. The number of likely N-dealkylation sites (tertiary alicyclic amines) is 1. The molecule has 1 saturated heterocycles. The van der Waals surface area contributed by atoms with Crippen molar-refractivity contribution in [1.29, 1.82) is 0 Å². The molecule has 0 aliphatic carbocycles. The first-order chi connectivity index (χ1) is 16.5. The highest BCUT2D eigenvalue weighted by Gasteiger charge is 2.21. The zero-order valence-corrected chi connectivity index (χ0v) is 19.5. The predicted molar refractivity (Wildman–Crippen MR) is 134 cm³/mol. The van der Waals surface area contributed by atoms with Gasteiger partial charge in [-0.3, -0.25) is 14.7 Å². The monoisotopic (exact) mass is 460 g/mol. The van der Waals surface area contributed by atoms with Crippen molar-refractivity contribution in [1.82, 2.24) is 20.2 Å². The first-order valence-corrected chi connectivity index (χ1v) is 11.7. The fourth-order valence-electron chi connectivity index (χ4n) is 4.19. The van der Waals surface area contributed by atoms with Gasteiger partial charge in [-0.05, 0) is 73.7 Å². The zero-order chi connectivity index (χ0) is 23.9. The zero-order valence-electron chi connectivity index (χ0n) is 19.5. The van der Waals surface area contributed by atoms with Crippen LogP contribution in [-0.2, 0) is 6.54 Å². The van der Waals surface area contributed by atoms with Crippen molar-refractivity contribution in [3.63, 3.8) is 0 Å². The number of nitrogens with zero attached hydrogens (tertiary/aromatic N) is 3. The van der Waals surface area contributed by atoms with Crippen molar-refractivity contribution in [2.24, 2.45) is 5.92 Å². The molecule has 178 valence electrons. The minimum Gasteiger partial charge on any atom is -0.476 e. The number of rotatable bonds is 8.